The summed E-state index contributed by atoms with van der Waals surface area (Å²) < 4.78 is 5.27. The SMILES string of the molecule is CC(Cl)c1noc(C2CCCSCC2)n1. The molecule has 2 unspecified atom stereocenters. The monoisotopic (exact) mass is 246 g/mol. The summed E-state index contributed by atoms with van der Waals surface area (Å²) in [6.45, 7) is 1.86. The highest BCUT2D eigenvalue weighted by atomic mass is 35.5. The summed E-state index contributed by atoms with van der Waals surface area (Å²) in [5.41, 5.74) is 0. The van der Waals surface area contributed by atoms with Gasteiger partial charge in [0.15, 0.2) is 5.82 Å². The Morgan fingerprint density at radius 3 is 3.07 bits per heavy atom. The normalized spacial score (nSPS) is 24.8. The van der Waals surface area contributed by atoms with Gasteiger partial charge in [0.2, 0.25) is 5.89 Å². The highest BCUT2D eigenvalue weighted by molar-refractivity contribution is 7.99. The molecule has 1 aliphatic rings. The zero-order valence-electron chi connectivity index (χ0n) is 8.78. The molecule has 15 heavy (non-hydrogen) atoms. The number of hydrogen-bond donors (Lipinski definition) is 0. The third-order valence-electron chi connectivity index (χ3n) is 2.61. The minimum atomic E-state index is -0.164. The Balaban J connectivity index is 2.06. The molecule has 0 bridgehead atoms. The summed E-state index contributed by atoms with van der Waals surface area (Å²) in [4.78, 5) is 4.36. The molecule has 0 radical (unpaired) electrons. The van der Waals surface area contributed by atoms with Crippen LogP contribution in [0.25, 0.3) is 0 Å². The van der Waals surface area contributed by atoms with Crippen molar-refractivity contribution in [1.82, 2.24) is 10.1 Å². The molecule has 1 saturated heterocycles. The maximum absolute atomic E-state index is 5.90. The first kappa shape index (κ1) is 11.3. The Bertz CT molecular complexity index is 308. The van der Waals surface area contributed by atoms with Gasteiger partial charge >= 0.3 is 0 Å². The van der Waals surface area contributed by atoms with Crippen LogP contribution >= 0.6 is 23.4 Å². The molecule has 3 nitrogen and oxygen atoms in total. The van der Waals surface area contributed by atoms with Crippen molar-refractivity contribution in [3.8, 4) is 0 Å². The van der Waals surface area contributed by atoms with E-state index in [2.05, 4.69) is 10.1 Å². The molecule has 5 heteroatoms. The van der Waals surface area contributed by atoms with Gasteiger partial charge < -0.3 is 4.52 Å². The lowest BCUT2D eigenvalue weighted by Crippen LogP contribution is -1.99. The van der Waals surface area contributed by atoms with Gasteiger partial charge in [-0.2, -0.15) is 16.7 Å². The fraction of sp³-hybridized carbons (Fsp3) is 0.800. The summed E-state index contributed by atoms with van der Waals surface area (Å²) >= 11 is 7.91. The molecule has 0 saturated carbocycles. The maximum Gasteiger partial charge on any atom is 0.229 e. The Hall–Kier alpha value is -0.220. The molecule has 1 aliphatic heterocycles. The van der Waals surface area contributed by atoms with Crippen molar-refractivity contribution in [2.24, 2.45) is 0 Å². The molecule has 0 N–H and O–H groups in total. The van der Waals surface area contributed by atoms with Crippen LogP contribution in [-0.4, -0.2) is 21.6 Å². The van der Waals surface area contributed by atoms with E-state index in [4.69, 9.17) is 16.1 Å². The zero-order valence-corrected chi connectivity index (χ0v) is 10.4. The van der Waals surface area contributed by atoms with E-state index < -0.39 is 0 Å². The third kappa shape index (κ3) is 2.88. The first-order valence-corrected chi connectivity index (χ1v) is 6.92. The lowest BCUT2D eigenvalue weighted by molar-refractivity contribution is 0.340. The molecular weight excluding hydrogens is 232 g/mol. The maximum atomic E-state index is 5.90. The number of thioether (sulfide) groups is 1. The van der Waals surface area contributed by atoms with Gasteiger partial charge in [0, 0.05) is 5.92 Å². The van der Waals surface area contributed by atoms with Crippen LogP contribution in [0.15, 0.2) is 4.52 Å². The van der Waals surface area contributed by atoms with E-state index >= 15 is 0 Å². The van der Waals surface area contributed by atoms with Crippen molar-refractivity contribution in [3.63, 3.8) is 0 Å². The second-order valence-corrected chi connectivity index (χ2v) is 5.73. The van der Waals surface area contributed by atoms with Crippen LogP contribution in [0.4, 0.5) is 0 Å². The average Bonchev–Trinajstić information content (AvgIpc) is 2.55. The Labute approximate surface area is 99.0 Å². The van der Waals surface area contributed by atoms with Crippen molar-refractivity contribution >= 4 is 23.4 Å². The van der Waals surface area contributed by atoms with Gasteiger partial charge in [-0.1, -0.05) is 5.16 Å². The minimum absolute atomic E-state index is 0.164. The molecule has 0 spiro atoms. The lowest BCUT2D eigenvalue weighted by Gasteiger charge is -2.06. The molecule has 1 aromatic heterocycles. The third-order valence-corrected chi connectivity index (χ3v) is 3.91. The smallest absolute Gasteiger partial charge is 0.229 e. The summed E-state index contributed by atoms with van der Waals surface area (Å²) in [6.07, 6.45) is 3.54. The number of rotatable bonds is 2. The van der Waals surface area contributed by atoms with Crippen LogP contribution in [0.3, 0.4) is 0 Å². The van der Waals surface area contributed by atoms with Gasteiger partial charge in [-0.25, -0.2) is 0 Å². The fourth-order valence-corrected chi connectivity index (χ4v) is 2.84. The minimum Gasteiger partial charge on any atom is -0.339 e. The van der Waals surface area contributed by atoms with E-state index in [1.165, 1.54) is 17.9 Å². The molecule has 1 aromatic rings. The van der Waals surface area contributed by atoms with Crippen LogP contribution in [-0.2, 0) is 0 Å². The largest absolute Gasteiger partial charge is 0.339 e. The van der Waals surface area contributed by atoms with Crippen LogP contribution in [0.2, 0.25) is 0 Å². The van der Waals surface area contributed by atoms with Gasteiger partial charge in [0.05, 0.1) is 5.38 Å². The van der Waals surface area contributed by atoms with E-state index in [1.54, 1.807) is 0 Å². The van der Waals surface area contributed by atoms with Crippen molar-refractivity contribution in [2.45, 2.75) is 37.5 Å². The van der Waals surface area contributed by atoms with Crippen LogP contribution in [0.5, 0.6) is 0 Å². The zero-order chi connectivity index (χ0) is 10.7. The number of aromatic nitrogens is 2. The molecule has 2 rings (SSSR count). The van der Waals surface area contributed by atoms with Crippen molar-refractivity contribution in [2.75, 3.05) is 11.5 Å². The molecular formula is C10H15ClN2OS. The quantitative estimate of drug-likeness (QED) is 0.750. The van der Waals surface area contributed by atoms with E-state index in [-0.39, 0.29) is 5.38 Å². The lowest BCUT2D eigenvalue weighted by atomic mass is 10.0. The van der Waals surface area contributed by atoms with Gasteiger partial charge in [-0.15, -0.1) is 11.6 Å². The van der Waals surface area contributed by atoms with Crippen molar-refractivity contribution in [3.05, 3.63) is 11.7 Å². The summed E-state index contributed by atoms with van der Waals surface area (Å²) in [6, 6.07) is 0. The second-order valence-electron chi connectivity index (χ2n) is 3.85. The number of alkyl halides is 1. The van der Waals surface area contributed by atoms with E-state index in [0.29, 0.717) is 11.7 Å². The second kappa shape index (κ2) is 5.21. The van der Waals surface area contributed by atoms with Crippen molar-refractivity contribution < 1.29 is 4.52 Å². The first-order chi connectivity index (χ1) is 7.27. The number of nitrogens with zero attached hydrogens (tertiary/aromatic N) is 2. The van der Waals surface area contributed by atoms with Crippen LogP contribution < -0.4 is 0 Å². The molecule has 84 valence electrons. The molecule has 1 fully saturated rings. The predicted octanol–water partition coefficient (Wildman–Crippen LogP) is 3.37. The highest BCUT2D eigenvalue weighted by Gasteiger charge is 2.21. The number of hydrogen-bond acceptors (Lipinski definition) is 4. The van der Waals surface area contributed by atoms with Gasteiger partial charge in [-0.3, -0.25) is 0 Å². The first-order valence-electron chi connectivity index (χ1n) is 5.32. The standard InChI is InChI=1S/C10H15ClN2OS/c1-7(11)9-12-10(14-13-9)8-3-2-5-15-6-4-8/h7-8H,2-6H2,1H3. The van der Waals surface area contributed by atoms with Crippen LogP contribution in [0.1, 0.15) is 49.2 Å². The van der Waals surface area contributed by atoms with E-state index in [1.807, 2.05) is 18.7 Å². The van der Waals surface area contributed by atoms with E-state index in [0.717, 1.165) is 18.7 Å². The summed E-state index contributed by atoms with van der Waals surface area (Å²) in [5.74, 6) is 4.28. The predicted molar refractivity (Wildman–Crippen MR) is 62.5 cm³/mol. The fourth-order valence-electron chi connectivity index (χ4n) is 1.73. The van der Waals surface area contributed by atoms with E-state index in [9.17, 15) is 0 Å². The average molecular weight is 247 g/mol. The van der Waals surface area contributed by atoms with Gasteiger partial charge in [0.1, 0.15) is 0 Å². The molecule has 2 heterocycles. The molecule has 0 aliphatic carbocycles. The Kier molecular flexibility index (Phi) is 3.92. The van der Waals surface area contributed by atoms with Gasteiger partial charge in [-0.05, 0) is 37.7 Å². The number of halogens is 1. The molecule has 0 aromatic carbocycles. The molecule has 0 amide bonds. The summed E-state index contributed by atoms with van der Waals surface area (Å²) in [7, 11) is 0. The Morgan fingerprint density at radius 2 is 2.33 bits per heavy atom. The summed E-state index contributed by atoms with van der Waals surface area (Å²) in [5, 5.41) is 3.73. The van der Waals surface area contributed by atoms with Gasteiger partial charge in [0.25, 0.3) is 0 Å². The molecule has 2 atom stereocenters. The highest BCUT2D eigenvalue weighted by Crippen LogP contribution is 2.30. The van der Waals surface area contributed by atoms with Crippen LogP contribution in [0, 0.1) is 0 Å². The van der Waals surface area contributed by atoms with Crippen molar-refractivity contribution in [1.29, 1.82) is 0 Å². The Morgan fingerprint density at radius 1 is 1.47 bits per heavy atom. The topological polar surface area (TPSA) is 38.9 Å².